The standard InChI is InChI=1S/C16H12BrN3O2/c17-15-6-4-13(22-15)5-7-16(21)19-12-3-1-2-11(10-12)14-8-9-18-20-14/h1-10H,(H,18,20)(H,19,21)/b7-5+. The van der Waals surface area contributed by atoms with E-state index in [-0.39, 0.29) is 5.91 Å². The van der Waals surface area contributed by atoms with E-state index in [1.54, 1.807) is 24.4 Å². The molecule has 1 aromatic carbocycles. The fourth-order valence-corrected chi connectivity index (χ4v) is 2.26. The third-order valence-electron chi connectivity index (χ3n) is 2.93. The molecule has 3 rings (SSSR count). The predicted octanol–water partition coefficient (Wildman–Crippen LogP) is 4.08. The zero-order chi connectivity index (χ0) is 15.4. The van der Waals surface area contributed by atoms with Crippen molar-refractivity contribution in [2.45, 2.75) is 0 Å². The molecule has 0 bridgehead atoms. The minimum absolute atomic E-state index is 0.228. The van der Waals surface area contributed by atoms with Crippen LogP contribution in [0.25, 0.3) is 17.3 Å². The van der Waals surface area contributed by atoms with E-state index < -0.39 is 0 Å². The Labute approximate surface area is 135 Å². The van der Waals surface area contributed by atoms with Crippen molar-refractivity contribution in [2.75, 3.05) is 5.32 Å². The van der Waals surface area contributed by atoms with Crippen molar-refractivity contribution < 1.29 is 9.21 Å². The lowest BCUT2D eigenvalue weighted by Crippen LogP contribution is -2.07. The van der Waals surface area contributed by atoms with Gasteiger partial charge in [-0.1, -0.05) is 12.1 Å². The Kier molecular flexibility index (Phi) is 4.20. The van der Waals surface area contributed by atoms with Gasteiger partial charge in [0.05, 0.1) is 5.69 Å². The summed E-state index contributed by atoms with van der Waals surface area (Å²) in [6, 6.07) is 12.9. The highest BCUT2D eigenvalue weighted by Crippen LogP contribution is 2.20. The van der Waals surface area contributed by atoms with Crippen molar-refractivity contribution in [1.29, 1.82) is 0 Å². The number of amides is 1. The number of nitrogens with one attached hydrogen (secondary N) is 2. The SMILES string of the molecule is O=C(/C=C/c1ccc(Br)o1)Nc1cccc(-c2ccn[nH]2)c1. The number of anilines is 1. The van der Waals surface area contributed by atoms with Gasteiger partial charge in [0.15, 0.2) is 4.67 Å². The van der Waals surface area contributed by atoms with E-state index in [0.29, 0.717) is 16.1 Å². The molecule has 0 atom stereocenters. The zero-order valence-corrected chi connectivity index (χ0v) is 13.0. The largest absolute Gasteiger partial charge is 0.450 e. The molecule has 1 amide bonds. The van der Waals surface area contributed by atoms with Crippen molar-refractivity contribution in [3.63, 3.8) is 0 Å². The zero-order valence-electron chi connectivity index (χ0n) is 11.4. The van der Waals surface area contributed by atoms with Gasteiger partial charge in [0, 0.05) is 23.5 Å². The van der Waals surface area contributed by atoms with Gasteiger partial charge < -0.3 is 9.73 Å². The molecule has 2 N–H and O–H groups in total. The molecule has 2 heterocycles. The van der Waals surface area contributed by atoms with E-state index >= 15 is 0 Å². The molecular weight excluding hydrogens is 346 g/mol. The minimum atomic E-state index is -0.228. The smallest absolute Gasteiger partial charge is 0.248 e. The summed E-state index contributed by atoms with van der Waals surface area (Å²) in [6.07, 6.45) is 4.72. The summed E-state index contributed by atoms with van der Waals surface area (Å²) in [4.78, 5) is 11.9. The van der Waals surface area contributed by atoms with Gasteiger partial charge in [-0.15, -0.1) is 0 Å². The second kappa shape index (κ2) is 6.44. The first-order valence-corrected chi connectivity index (χ1v) is 7.34. The number of benzene rings is 1. The molecular formula is C16H12BrN3O2. The molecule has 110 valence electrons. The van der Waals surface area contributed by atoms with Crippen LogP contribution < -0.4 is 5.32 Å². The van der Waals surface area contributed by atoms with Gasteiger partial charge in [-0.05, 0) is 52.3 Å². The molecule has 0 aliphatic heterocycles. The fraction of sp³-hybridized carbons (Fsp3) is 0. The molecule has 0 aliphatic rings. The highest BCUT2D eigenvalue weighted by molar-refractivity contribution is 9.10. The van der Waals surface area contributed by atoms with Crippen molar-refractivity contribution in [2.24, 2.45) is 0 Å². The van der Waals surface area contributed by atoms with Crippen LogP contribution in [-0.4, -0.2) is 16.1 Å². The maximum absolute atomic E-state index is 11.9. The van der Waals surface area contributed by atoms with E-state index in [1.807, 2.05) is 30.3 Å². The first-order valence-electron chi connectivity index (χ1n) is 6.55. The molecule has 22 heavy (non-hydrogen) atoms. The normalized spacial score (nSPS) is 11.0. The summed E-state index contributed by atoms with van der Waals surface area (Å²) in [7, 11) is 0. The van der Waals surface area contributed by atoms with E-state index in [4.69, 9.17) is 4.42 Å². The Hall–Kier alpha value is -2.60. The number of hydrogen-bond acceptors (Lipinski definition) is 3. The maximum Gasteiger partial charge on any atom is 0.248 e. The van der Waals surface area contributed by atoms with Gasteiger partial charge in [0.1, 0.15) is 5.76 Å². The van der Waals surface area contributed by atoms with E-state index in [9.17, 15) is 4.79 Å². The number of H-pyrrole nitrogens is 1. The van der Waals surface area contributed by atoms with Gasteiger partial charge in [0.25, 0.3) is 0 Å². The van der Waals surface area contributed by atoms with E-state index in [2.05, 4.69) is 31.4 Å². The number of furan rings is 1. The summed E-state index contributed by atoms with van der Waals surface area (Å²) >= 11 is 3.21. The molecule has 0 unspecified atom stereocenters. The van der Waals surface area contributed by atoms with Crippen LogP contribution in [0.1, 0.15) is 5.76 Å². The van der Waals surface area contributed by atoms with Gasteiger partial charge in [-0.3, -0.25) is 9.89 Å². The maximum atomic E-state index is 11.9. The number of aromatic amines is 1. The highest BCUT2D eigenvalue weighted by Gasteiger charge is 2.03. The number of aromatic nitrogens is 2. The first-order chi connectivity index (χ1) is 10.7. The van der Waals surface area contributed by atoms with Gasteiger partial charge in [-0.25, -0.2) is 0 Å². The van der Waals surface area contributed by atoms with Crippen LogP contribution in [0.4, 0.5) is 5.69 Å². The van der Waals surface area contributed by atoms with E-state index in [0.717, 1.165) is 11.3 Å². The summed E-state index contributed by atoms with van der Waals surface area (Å²) in [5.41, 5.74) is 2.56. The van der Waals surface area contributed by atoms with Crippen molar-refractivity contribution in [3.05, 3.63) is 65.2 Å². The monoisotopic (exact) mass is 357 g/mol. The molecule has 6 heteroatoms. The lowest BCUT2D eigenvalue weighted by atomic mass is 10.1. The van der Waals surface area contributed by atoms with Gasteiger partial charge >= 0.3 is 0 Å². The lowest BCUT2D eigenvalue weighted by molar-refractivity contribution is -0.111. The van der Waals surface area contributed by atoms with Gasteiger partial charge in [0.2, 0.25) is 5.91 Å². The quantitative estimate of drug-likeness (QED) is 0.691. The second-order valence-corrected chi connectivity index (χ2v) is 5.30. The Morgan fingerprint density at radius 1 is 1.27 bits per heavy atom. The molecule has 0 saturated heterocycles. The third-order valence-corrected chi connectivity index (χ3v) is 3.36. The molecule has 0 radical (unpaired) electrons. The second-order valence-electron chi connectivity index (χ2n) is 4.52. The number of carbonyl (C=O) groups is 1. The van der Waals surface area contributed by atoms with Crippen molar-refractivity contribution in [3.8, 4) is 11.3 Å². The summed E-state index contributed by atoms with van der Waals surface area (Å²) in [6.45, 7) is 0. The topological polar surface area (TPSA) is 70.9 Å². The molecule has 5 nitrogen and oxygen atoms in total. The van der Waals surface area contributed by atoms with Crippen LogP contribution in [0, 0.1) is 0 Å². The van der Waals surface area contributed by atoms with E-state index in [1.165, 1.54) is 6.08 Å². The first kappa shape index (κ1) is 14.3. The lowest BCUT2D eigenvalue weighted by Gasteiger charge is -2.04. The summed E-state index contributed by atoms with van der Waals surface area (Å²) in [5.74, 6) is 0.377. The molecule has 0 saturated carbocycles. The molecule has 2 aromatic heterocycles. The highest BCUT2D eigenvalue weighted by atomic mass is 79.9. The Morgan fingerprint density at radius 2 is 2.18 bits per heavy atom. The van der Waals surface area contributed by atoms with Gasteiger partial charge in [-0.2, -0.15) is 5.10 Å². The fourth-order valence-electron chi connectivity index (χ4n) is 1.94. The average Bonchev–Trinajstić information content (AvgIpc) is 3.17. The molecule has 0 fully saturated rings. The summed E-state index contributed by atoms with van der Waals surface area (Å²) in [5, 5.41) is 9.61. The van der Waals surface area contributed by atoms with Crippen LogP contribution in [0.2, 0.25) is 0 Å². The number of hydrogen-bond donors (Lipinski definition) is 2. The Balaban J connectivity index is 1.69. The Bertz CT molecular complexity index is 806. The van der Waals surface area contributed by atoms with Crippen LogP contribution in [0.3, 0.4) is 0 Å². The third kappa shape index (κ3) is 3.53. The molecule has 3 aromatic rings. The van der Waals surface area contributed by atoms with Crippen molar-refractivity contribution in [1.82, 2.24) is 10.2 Å². The van der Waals surface area contributed by atoms with Crippen LogP contribution >= 0.6 is 15.9 Å². The molecule has 0 spiro atoms. The van der Waals surface area contributed by atoms with Crippen LogP contribution in [-0.2, 0) is 4.79 Å². The number of carbonyl (C=O) groups excluding carboxylic acids is 1. The Morgan fingerprint density at radius 3 is 2.91 bits per heavy atom. The summed E-state index contributed by atoms with van der Waals surface area (Å²) < 4.78 is 5.92. The molecule has 0 aliphatic carbocycles. The van der Waals surface area contributed by atoms with Crippen molar-refractivity contribution >= 4 is 33.6 Å². The number of rotatable bonds is 4. The number of halogens is 1. The average molecular weight is 358 g/mol. The van der Waals surface area contributed by atoms with Crippen LogP contribution in [0.5, 0.6) is 0 Å². The van der Waals surface area contributed by atoms with Crippen LogP contribution in [0.15, 0.2) is 63.8 Å². The predicted molar refractivity (Wildman–Crippen MR) is 88.1 cm³/mol. The number of nitrogens with zero attached hydrogens (tertiary/aromatic N) is 1. The minimum Gasteiger partial charge on any atom is -0.450 e.